The maximum Gasteiger partial charge on any atom is 0.254 e. The molecule has 0 radical (unpaired) electrons. The number of piperidine rings is 1. The Balaban J connectivity index is 1.25. The molecule has 0 bridgehead atoms. The Labute approximate surface area is 188 Å². The van der Waals surface area contributed by atoms with Crippen LogP contribution in [0.2, 0.25) is 0 Å². The van der Waals surface area contributed by atoms with Gasteiger partial charge in [0.05, 0.1) is 26.5 Å². The molecule has 0 unspecified atom stereocenters. The Morgan fingerprint density at radius 1 is 1.13 bits per heavy atom. The number of fused-ring (bicyclic) bond motifs is 1. The van der Waals surface area contributed by atoms with Crippen LogP contribution in [0.15, 0.2) is 57.9 Å². The molecule has 2 aromatic carbocycles. The Hall–Kier alpha value is -2.71. The third kappa shape index (κ3) is 4.36. The van der Waals surface area contributed by atoms with E-state index in [4.69, 9.17) is 9.51 Å². The van der Waals surface area contributed by atoms with Gasteiger partial charge >= 0.3 is 0 Å². The lowest BCUT2D eigenvalue weighted by Crippen LogP contribution is -2.38. The first-order chi connectivity index (χ1) is 15.2. The standard InChI is InChI=1S/C23H22N4O2S2/c1-15-24-21(26-29-15)14-30-19-8-4-2-6-17(19)23(28)27-12-10-16(11-13-27)22-25-18-7-3-5-9-20(18)31-22/h2-9,16H,10-14H2,1H3. The fourth-order valence-electron chi connectivity index (χ4n) is 3.88. The van der Waals surface area contributed by atoms with Gasteiger partial charge in [-0.3, -0.25) is 4.79 Å². The van der Waals surface area contributed by atoms with Crippen molar-refractivity contribution in [2.75, 3.05) is 13.1 Å². The van der Waals surface area contributed by atoms with E-state index in [0.717, 1.165) is 41.9 Å². The topological polar surface area (TPSA) is 72.1 Å². The van der Waals surface area contributed by atoms with Crippen LogP contribution in [0.1, 0.15) is 45.8 Å². The van der Waals surface area contributed by atoms with Crippen LogP contribution in [-0.4, -0.2) is 39.0 Å². The number of thiazole rings is 1. The van der Waals surface area contributed by atoms with E-state index >= 15 is 0 Å². The molecule has 5 rings (SSSR count). The minimum absolute atomic E-state index is 0.0927. The summed E-state index contributed by atoms with van der Waals surface area (Å²) >= 11 is 3.35. The fraction of sp³-hybridized carbons (Fsp3) is 0.304. The number of likely N-dealkylation sites (tertiary alicyclic amines) is 1. The summed E-state index contributed by atoms with van der Waals surface area (Å²) in [6.45, 7) is 3.28. The fourth-order valence-corrected chi connectivity index (χ4v) is 5.90. The summed E-state index contributed by atoms with van der Waals surface area (Å²) in [5, 5.41) is 5.13. The van der Waals surface area contributed by atoms with Crippen molar-refractivity contribution in [2.24, 2.45) is 0 Å². The number of aryl methyl sites for hydroxylation is 1. The van der Waals surface area contributed by atoms with E-state index in [1.54, 1.807) is 30.0 Å². The zero-order valence-corrected chi connectivity index (χ0v) is 18.8. The van der Waals surface area contributed by atoms with Crippen LogP contribution in [0.4, 0.5) is 0 Å². The van der Waals surface area contributed by atoms with Gasteiger partial charge in [-0.2, -0.15) is 4.98 Å². The number of aromatic nitrogens is 3. The number of rotatable bonds is 5. The van der Waals surface area contributed by atoms with Crippen molar-refractivity contribution in [1.82, 2.24) is 20.0 Å². The van der Waals surface area contributed by atoms with Gasteiger partial charge in [-0.25, -0.2) is 4.98 Å². The van der Waals surface area contributed by atoms with E-state index in [9.17, 15) is 4.79 Å². The van der Waals surface area contributed by atoms with Crippen molar-refractivity contribution >= 4 is 39.2 Å². The first kappa shape index (κ1) is 20.2. The quantitative estimate of drug-likeness (QED) is 0.384. The van der Waals surface area contributed by atoms with Gasteiger partial charge in [-0.05, 0) is 37.1 Å². The van der Waals surface area contributed by atoms with Gasteiger partial charge in [0.1, 0.15) is 0 Å². The molecular formula is C23H22N4O2S2. The van der Waals surface area contributed by atoms with Crippen LogP contribution >= 0.6 is 23.1 Å². The lowest BCUT2D eigenvalue weighted by Gasteiger charge is -2.31. The van der Waals surface area contributed by atoms with Gasteiger partial charge in [0.25, 0.3) is 5.91 Å². The van der Waals surface area contributed by atoms with Crippen LogP contribution in [0, 0.1) is 6.92 Å². The van der Waals surface area contributed by atoms with Crippen LogP contribution in [0.3, 0.4) is 0 Å². The van der Waals surface area contributed by atoms with Crippen LogP contribution in [-0.2, 0) is 5.75 Å². The van der Waals surface area contributed by atoms with Gasteiger partial charge < -0.3 is 9.42 Å². The Bertz CT molecular complexity index is 1180. The van der Waals surface area contributed by atoms with E-state index in [1.165, 1.54) is 9.71 Å². The van der Waals surface area contributed by atoms with Crippen molar-refractivity contribution in [3.8, 4) is 0 Å². The molecular weight excluding hydrogens is 428 g/mol. The highest BCUT2D eigenvalue weighted by Gasteiger charge is 2.27. The molecule has 1 aliphatic rings. The zero-order valence-electron chi connectivity index (χ0n) is 17.2. The largest absolute Gasteiger partial charge is 0.340 e. The van der Waals surface area contributed by atoms with E-state index < -0.39 is 0 Å². The summed E-state index contributed by atoms with van der Waals surface area (Å²) in [6, 6.07) is 16.1. The molecule has 4 aromatic rings. The predicted molar refractivity (Wildman–Crippen MR) is 123 cm³/mol. The summed E-state index contributed by atoms with van der Waals surface area (Å²) in [4.78, 5) is 25.3. The molecule has 31 heavy (non-hydrogen) atoms. The number of amides is 1. The minimum Gasteiger partial charge on any atom is -0.340 e. The van der Waals surface area contributed by atoms with E-state index in [-0.39, 0.29) is 5.91 Å². The van der Waals surface area contributed by atoms with Gasteiger partial charge in [-0.1, -0.05) is 29.4 Å². The highest BCUT2D eigenvalue weighted by molar-refractivity contribution is 7.98. The Morgan fingerprint density at radius 3 is 2.68 bits per heavy atom. The summed E-state index contributed by atoms with van der Waals surface area (Å²) < 4.78 is 6.27. The molecule has 6 nitrogen and oxygen atoms in total. The number of carbonyl (C=O) groups excluding carboxylic acids is 1. The third-order valence-electron chi connectivity index (χ3n) is 5.49. The molecule has 1 saturated heterocycles. The van der Waals surface area contributed by atoms with Crippen LogP contribution < -0.4 is 0 Å². The molecule has 8 heteroatoms. The number of carbonyl (C=O) groups is 1. The Morgan fingerprint density at radius 2 is 1.90 bits per heavy atom. The number of para-hydroxylation sites is 1. The van der Waals surface area contributed by atoms with Gasteiger partial charge in [-0.15, -0.1) is 23.1 Å². The van der Waals surface area contributed by atoms with Gasteiger partial charge in [0, 0.05) is 30.8 Å². The van der Waals surface area contributed by atoms with Crippen molar-refractivity contribution < 1.29 is 9.32 Å². The minimum atomic E-state index is 0.0927. The zero-order chi connectivity index (χ0) is 21.2. The number of hydrogen-bond donors (Lipinski definition) is 0. The van der Waals surface area contributed by atoms with E-state index in [2.05, 4.69) is 28.3 Å². The van der Waals surface area contributed by atoms with Crippen molar-refractivity contribution in [1.29, 1.82) is 0 Å². The second-order valence-electron chi connectivity index (χ2n) is 7.60. The average molecular weight is 451 g/mol. The molecule has 0 aliphatic carbocycles. The molecule has 1 aliphatic heterocycles. The molecule has 0 N–H and O–H groups in total. The number of benzene rings is 2. The SMILES string of the molecule is Cc1nc(CSc2ccccc2C(=O)N2CCC(c3nc4ccccc4s3)CC2)no1. The number of thioether (sulfide) groups is 1. The molecule has 1 fully saturated rings. The molecule has 3 heterocycles. The van der Waals surface area contributed by atoms with E-state index in [0.29, 0.717) is 23.4 Å². The third-order valence-corrected chi connectivity index (χ3v) is 7.75. The first-order valence-corrected chi connectivity index (χ1v) is 12.1. The molecule has 0 spiro atoms. The number of hydrogen-bond acceptors (Lipinski definition) is 7. The maximum atomic E-state index is 13.3. The molecule has 0 atom stereocenters. The second kappa shape index (κ2) is 8.80. The lowest BCUT2D eigenvalue weighted by atomic mass is 9.97. The maximum absolute atomic E-state index is 13.3. The lowest BCUT2D eigenvalue weighted by molar-refractivity contribution is 0.0709. The van der Waals surface area contributed by atoms with Gasteiger partial charge in [0.15, 0.2) is 5.82 Å². The normalized spacial score (nSPS) is 14.9. The van der Waals surface area contributed by atoms with Crippen molar-refractivity contribution in [3.63, 3.8) is 0 Å². The first-order valence-electron chi connectivity index (χ1n) is 10.3. The molecule has 158 valence electrons. The van der Waals surface area contributed by atoms with Crippen molar-refractivity contribution in [3.05, 3.63) is 70.8 Å². The average Bonchev–Trinajstić information content (AvgIpc) is 3.43. The Kier molecular flexibility index (Phi) is 5.74. The highest BCUT2D eigenvalue weighted by atomic mass is 32.2. The smallest absolute Gasteiger partial charge is 0.254 e. The second-order valence-corrected chi connectivity index (χ2v) is 9.68. The van der Waals surface area contributed by atoms with Gasteiger partial charge in [0.2, 0.25) is 5.89 Å². The van der Waals surface area contributed by atoms with Crippen LogP contribution in [0.5, 0.6) is 0 Å². The van der Waals surface area contributed by atoms with E-state index in [1.807, 2.05) is 35.2 Å². The summed E-state index contributed by atoms with van der Waals surface area (Å²) in [6.07, 6.45) is 1.89. The summed E-state index contributed by atoms with van der Waals surface area (Å²) in [5.41, 5.74) is 1.81. The monoisotopic (exact) mass is 450 g/mol. The summed E-state index contributed by atoms with van der Waals surface area (Å²) in [7, 11) is 0. The molecule has 2 aromatic heterocycles. The van der Waals surface area contributed by atoms with Crippen LogP contribution in [0.25, 0.3) is 10.2 Å². The molecule has 0 saturated carbocycles. The molecule has 1 amide bonds. The predicted octanol–water partition coefficient (Wildman–Crippen LogP) is 5.30. The highest BCUT2D eigenvalue weighted by Crippen LogP contribution is 2.35. The van der Waals surface area contributed by atoms with Crippen molar-refractivity contribution in [2.45, 2.75) is 36.3 Å². The summed E-state index contributed by atoms with van der Waals surface area (Å²) in [5.74, 6) is 2.28. The number of nitrogens with zero attached hydrogens (tertiary/aromatic N) is 4.